The molecule has 0 bridgehead atoms. The van der Waals surface area contributed by atoms with Crippen LogP contribution in [-0.2, 0) is 20.3 Å². The molecule has 7 heteroatoms. The topological polar surface area (TPSA) is 72.5 Å². The lowest BCUT2D eigenvalue weighted by molar-refractivity contribution is -0.116. The molecule has 18 heavy (non-hydrogen) atoms. The third kappa shape index (κ3) is 2.59. The summed E-state index contributed by atoms with van der Waals surface area (Å²) in [6.07, 6.45) is 1.71. The number of fused-ring (bicyclic) bond motifs is 1. The summed E-state index contributed by atoms with van der Waals surface area (Å²) in [5.41, 5.74) is 1.33. The van der Waals surface area contributed by atoms with E-state index in [1.54, 1.807) is 0 Å². The van der Waals surface area contributed by atoms with E-state index >= 15 is 0 Å². The van der Waals surface area contributed by atoms with Crippen molar-refractivity contribution in [3.63, 3.8) is 0 Å². The number of nitrogens with one attached hydrogen (secondary N) is 1. The number of halogens is 1. The molecule has 5 nitrogen and oxygen atoms in total. The first kappa shape index (κ1) is 13.2. The van der Waals surface area contributed by atoms with Gasteiger partial charge in [-0.15, -0.1) is 0 Å². The molecule has 2 rings (SSSR count). The van der Waals surface area contributed by atoms with Crippen LogP contribution in [0.2, 0.25) is 0 Å². The van der Waals surface area contributed by atoms with Gasteiger partial charge in [0.15, 0.2) is 0 Å². The molecule has 0 spiro atoms. The standard InChI is InChI=1S/C11H12ClNO4S/c1-17-9-6-8-7(3-2-4-11(14)13-8)5-10(9)18(12,15)16/h5-6H,2-4H2,1H3,(H,13,14). The van der Waals surface area contributed by atoms with Crippen molar-refractivity contribution >= 4 is 31.3 Å². The number of hydrogen-bond donors (Lipinski definition) is 1. The molecule has 1 aromatic rings. The number of hydrogen-bond acceptors (Lipinski definition) is 4. The monoisotopic (exact) mass is 289 g/mol. The summed E-state index contributed by atoms with van der Waals surface area (Å²) in [5.74, 6) is 0.0447. The van der Waals surface area contributed by atoms with E-state index in [2.05, 4.69) is 5.32 Å². The van der Waals surface area contributed by atoms with E-state index in [4.69, 9.17) is 15.4 Å². The molecular weight excluding hydrogens is 278 g/mol. The van der Waals surface area contributed by atoms with E-state index in [9.17, 15) is 13.2 Å². The lowest BCUT2D eigenvalue weighted by atomic mass is 10.1. The molecule has 1 aliphatic rings. The lowest BCUT2D eigenvalue weighted by Gasteiger charge is -2.12. The number of methoxy groups -OCH3 is 1. The molecule has 0 saturated heterocycles. The van der Waals surface area contributed by atoms with Crippen molar-refractivity contribution in [3.8, 4) is 5.75 Å². The summed E-state index contributed by atoms with van der Waals surface area (Å²) < 4.78 is 27.9. The molecule has 1 aromatic carbocycles. The third-order valence-electron chi connectivity index (χ3n) is 2.78. The first-order valence-electron chi connectivity index (χ1n) is 5.37. The Hall–Kier alpha value is -1.27. The number of amides is 1. The van der Waals surface area contributed by atoms with Crippen LogP contribution in [0.4, 0.5) is 5.69 Å². The second kappa shape index (κ2) is 4.78. The fourth-order valence-corrected chi connectivity index (χ4v) is 2.95. The average Bonchev–Trinajstić information content (AvgIpc) is 2.46. The summed E-state index contributed by atoms with van der Waals surface area (Å²) in [6, 6.07) is 2.95. The van der Waals surface area contributed by atoms with E-state index in [1.165, 1.54) is 19.2 Å². The minimum Gasteiger partial charge on any atom is -0.495 e. The van der Waals surface area contributed by atoms with Crippen LogP contribution in [0.25, 0.3) is 0 Å². The predicted octanol–water partition coefficient (Wildman–Crippen LogP) is 1.90. The minimum atomic E-state index is -3.87. The summed E-state index contributed by atoms with van der Waals surface area (Å²) in [5, 5.41) is 2.72. The Bertz CT molecular complexity index is 597. The first-order valence-corrected chi connectivity index (χ1v) is 7.68. The van der Waals surface area contributed by atoms with E-state index in [1.807, 2.05) is 0 Å². The number of benzene rings is 1. The molecule has 0 aliphatic carbocycles. The second-order valence-electron chi connectivity index (χ2n) is 4.00. The van der Waals surface area contributed by atoms with Gasteiger partial charge in [-0.25, -0.2) is 8.42 Å². The van der Waals surface area contributed by atoms with E-state index in [0.717, 1.165) is 5.56 Å². The van der Waals surface area contributed by atoms with Crippen molar-refractivity contribution in [2.24, 2.45) is 0 Å². The van der Waals surface area contributed by atoms with Gasteiger partial charge in [0.05, 0.1) is 7.11 Å². The number of carbonyl (C=O) groups is 1. The zero-order valence-electron chi connectivity index (χ0n) is 9.70. The molecular formula is C11H12ClNO4S. The molecule has 0 atom stereocenters. The van der Waals surface area contributed by atoms with Gasteiger partial charge in [-0.1, -0.05) is 0 Å². The molecule has 0 fully saturated rings. The highest BCUT2D eigenvalue weighted by Gasteiger charge is 2.22. The maximum Gasteiger partial charge on any atom is 0.264 e. The van der Waals surface area contributed by atoms with Gasteiger partial charge in [0.2, 0.25) is 5.91 Å². The molecule has 1 N–H and O–H groups in total. The fraction of sp³-hybridized carbons (Fsp3) is 0.364. The maximum absolute atomic E-state index is 11.4. The van der Waals surface area contributed by atoms with Gasteiger partial charge >= 0.3 is 0 Å². The lowest BCUT2D eigenvalue weighted by Crippen LogP contribution is -2.10. The van der Waals surface area contributed by atoms with Crippen LogP contribution in [0, 0.1) is 0 Å². The Kier molecular flexibility index (Phi) is 3.49. The normalized spacial score (nSPS) is 15.6. The van der Waals surface area contributed by atoms with Crippen molar-refractivity contribution in [3.05, 3.63) is 17.7 Å². The molecule has 1 amide bonds. The number of aryl methyl sites for hydroxylation is 1. The average molecular weight is 290 g/mol. The van der Waals surface area contributed by atoms with Gasteiger partial charge in [-0.2, -0.15) is 0 Å². The Balaban J connectivity index is 2.60. The van der Waals surface area contributed by atoms with Gasteiger partial charge in [-0.05, 0) is 24.5 Å². The van der Waals surface area contributed by atoms with Crippen LogP contribution >= 0.6 is 10.7 Å². The van der Waals surface area contributed by atoms with Crippen LogP contribution in [-0.4, -0.2) is 21.4 Å². The van der Waals surface area contributed by atoms with E-state index in [0.29, 0.717) is 24.9 Å². The number of anilines is 1. The highest BCUT2D eigenvalue weighted by atomic mass is 35.7. The maximum atomic E-state index is 11.4. The fourth-order valence-electron chi connectivity index (χ4n) is 1.93. The Labute approximate surface area is 110 Å². The molecule has 0 aromatic heterocycles. The van der Waals surface area contributed by atoms with Crippen LogP contribution < -0.4 is 10.1 Å². The summed E-state index contributed by atoms with van der Waals surface area (Å²) in [4.78, 5) is 11.4. The van der Waals surface area contributed by atoms with Gasteiger partial charge in [0.25, 0.3) is 9.05 Å². The Morgan fingerprint density at radius 1 is 1.33 bits per heavy atom. The largest absolute Gasteiger partial charge is 0.495 e. The summed E-state index contributed by atoms with van der Waals surface area (Å²) >= 11 is 0. The van der Waals surface area contributed by atoms with E-state index < -0.39 is 9.05 Å². The van der Waals surface area contributed by atoms with Gasteiger partial charge in [-0.3, -0.25) is 4.79 Å². The second-order valence-corrected chi connectivity index (χ2v) is 6.53. The van der Waals surface area contributed by atoms with E-state index in [-0.39, 0.29) is 16.6 Å². The van der Waals surface area contributed by atoms with Gasteiger partial charge in [0, 0.05) is 28.9 Å². The molecule has 1 heterocycles. The zero-order chi connectivity index (χ0) is 13.3. The molecule has 1 aliphatic heterocycles. The number of ether oxygens (including phenoxy) is 1. The summed E-state index contributed by atoms with van der Waals surface area (Å²) in [6.45, 7) is 0. The molecule has 98 valence electrons. The highest BCUT2D eigenvalue weighted by molar-refractivity contribution is 8.13. The minimum absolute atomic E-state index is 0.0680. The predicted molar refractivity (Wildman–Crippen MR) is 67.6 cm³/mol. The smallest absolute Gasteiger partial charge is 0.264 e. The zero-order valence-corrected chi connectivity index (χ0v) is 11.3. The van der Waals surface area contributed by atoms with Crippen molar-refractivity contribution < 1.29 is 17.9 Å². The van der Waals surface area contributed by atoms with Crippen LogP contribution in [0.15, 0.2) is 17.0 Å². The highest BCUT2D eigenvalue weighted by Crippen LogP contribution is 2.34. The number of carbonyl (C=O) groups excluding carboxylic acids is 1. The Morgan fingerprint density at radius 2 is 2.06 bits per heavy atom. The van der Waals surface area contributed by atoms with Crippen molar-refractivity contribution in [2.45, 2.75) is 24.2 Å². The van der Waals surface area contributed by atoms with Crippen LogP contribution in [0.5, 0.6) is 5.75 Å². The van der Waals surface area contributed by atoms with Crippen molar-refractivity contribution in [2.75, 3.05) is 12.4 Å². The van der Waals surface area contributed by atoms with Crippen LogP contribution in [0.1, 0.15) is 18.4 Å². The van der Waals surface area contributed by atoms with Crippen molar-refractivity contribution in [1.29, 1.82) is 0 Å². The number of rotatable bonds is 2. The molecule has 0 saturated carbocycles. The molecule has 0 radical (unpaired) electrons. The SMILES string of the molecule is COc1cc2c(cc1S(=O)(=O)Cl)CCCC(=O)N2. The van der Waals surface area contributed by atoms with Crippen LogP contribution in [0.3, 0.4) is 0 Å². The summed E-state index contributed by atoms with van der Waals surface area (Å²) in [7, 11) is 2.84. The third-order valence-corrected chi connectivity index (χ3v) is 4.12. The van der Waals surface area contributed by atoms with Gasteiger partial charge in [0.1, 0.15) is 10.6 Å². The van der Waals surface area contributed by atoms with Crippen molar-refractivity contribution in [1.82, 2.24) is 0 Å². The quantitative estimate of drug-likeness (QED) is 0.844. The van der Waals surface area contributed by atoms with Gasteiger partial charge < -0.3 is 10.1 Å². The Morgan fingerprint density at radius 3 is 2.67 bits per heavy atom. The first-order chi connectivity index (χ1) is 8.41. The molecule has 0 unspecified atom stereocenters.